The summed E-state index contributed by atoms with van der Waals surface area (Å²) in [4.78, 5) is 24.1. The quantitative estimate of drug-likeness (QED) is 0.521. The van der Waals surface area contributed by atoms with E-state index in [0.29, 0.717) is 11.4 Å². The summed E-state index contributed by atoms with van der Waals surface area (Å²) < 4.78 is 11.2. The number of urea groups is 1. The van der Waals surface area contributed by atoms with Crippen LogP contribution in [-0.2, 0) is 12.1 Å². The molecule has 0 unspecified atom stereocenters. The number of halogens is 1. The van der Waals surface area contributed by atoms with Gasteiger partial charge in [-0.25, -0.2) is 9.78 Å². The van der Waals surface area contributed by atoms with Gasteiger partial charge in [-0.3, -0.25) is 5.32 Å². The number of hydrogen-bond acceptors (Lipinski definition) is 7. The molecular weight excluding hydrogens is 398 g/mol. The minimum absolute atomic E-state index is 0.00251. The van der Waals surface area contributed by atoms with E-state index in [1.807, 2.05) is 6.07 Å². The first kappa shape index (κ1) is 20.6. The largest absolute Gasteiger partial charge is 0.439 e. The van der Waals surface area contributed by atoms with Crippen molar-refractivity contribution < 1.29 is 19.1 Å². The number of amides is 2. The number of anilines is 1. The lowest BCUT2D eigenvalue weighted by atomic mass is 10.1. The zero-order chi connectivity index (χ0) is 21.0. The van der Waals surface area contributed by atoms with Gasteiger partial charge in [0.1, 0.15) is 11.4 Å². The highest BCUT2D eigenvalue weighted by atomic mass is 35.5. The molecule has 1 aromatic carbocycles. The van der Waals surface area contributed by atoms with Gasteiger partial charge >= 0.3 is 12.0 Å². The first-order chi connectivity index (χ1) is 13.7. The van der Waals surface area contributed by atoms with Crippen molar-refractivity contribution in [1.82, 2.24) is 20.3 Å². The molecule has 3 rings (SSSR count). The van der Waals surface area contributed by atoms with Crippen LogP contribution >= 0.6 is 11.6 Å². The van der Waals surface area contributed by atoms with Crippen LogP contribution in [0.25, 0.3) is 0 Å². The van der Waals surface area contributed by atoms with E-state index in [2.05, 4.69) is 25.6 Å². The minimum Gasteiger partial charge on any atom is -0.439 e. The van der Waals surface area contributed by atoms with Crippen molar-refractivity contribution in [2.75, 3.05) is 5.32 Å². The summed E-state index contributed by atoms with van der Waals surface area (Å²) in [5.74, 6) is 1.09. The van der Waals surface area contributed by atoms with Gasteiger partial charge in [0.15, 0.2) is 5.76 Å². The predicted octanol–water partition coefficient (Wildman–Crippen LogP) is 3.77. The lowest BCUT2D eigenvalue weighted by Crippen LogP contribution is -2.28. The van der Waals surface area contributed by atoms with Crippen LogP contribution in [0.3, 0.4) is 0 Å². The number of aryl methyl sites for hydroxylation is 1. The number of benzene rings is 1. The van der Waals surface area contributed by atoms with Crippen LogP contribution in [0.4, 0.5) is 10.8 Å². The fraction of sp³-hybridized carbons (Fsp3) is 0.263. The normalized spacial score (nSPS) is 11.2. The maximum absolute atomic E-state index is 12.2. The molecule has 3 N–H and O–H groups in total. The summed E-state index contributed by atoms with van der Waals surface area (Å²) in [7, 11) is 0. The molecule has 0 saturated carbocycles. The summed E-state index contributed by atoms with van der Waals surface area (Å²) in [5.41, 5.74) is 0.0152. The predicted molar refractivity (Wildman–Crippen MR) is 106 cm³/mol. The van der Waals surface area contributed by atoms with Gasteiger partial charge in [-0.05, 0) is 38.4 Å². The highest BCUT2D eigenvalue weighted by Crippen LogP contribution is 2.26. The van der Waals surface area contributed by atoms with Gasteiger partial charge in [0, 0.05) is 24.4 Å². The van der Waals surface area contributed by atoms with E-state index in [-0.39, 0.29) is 29.5 Å². The molecule has 0 saturated heterocycles. The van der Waals surface area contributed by atoms with Crippen LogP contribution in [-0.4, -0.2) is 26.1 Å². The van der Waals surface area contributed by atoms with E-state index in [1.54, 1.807) is 45.0 Å². The lowest BCUT2D eigenvalue weighted by Gasteiger charge is -2.13. The van der Waals surface area contributed by atoms with Crippen LogP contribution in [0.15, 0.2) is 40.9 Å². The van der Waals surface area contributed by atoms with E-state index in [9.17, 15) is 9.90 Å². The van der Waals surface area contributed by atoms with Crippen molar-refractivity contribution >= 4 is 23.6 Å². The molecule has 0 fully saturated rings. The van der Waals surface area contributed by atoms with Crippen LogP contribution < -0.4 is 15.4 Å². The second-order valence-electron chi connectivity index (χ2n) is 6.67. The Morgan fingerprint density at radius 3 is 2.72 bits per heavy atom. The highest BCUT2D eigenvalue weighted by molar-refractivity contribution is 6.28. The molecular formula is C19H20ClN5O4. The van der Waals surface area contributed by atoms with Gasteiger partial charge in [-0.1, -0.05) is 18.2 Å². The number of nitrogens with zero attached hydrogens (tertiary/aromatic N) is 3. The lowest BCUT2D eigenvalue weighted by molar-refractivity contribution is 0.0541. The van der Waals surface area contributed by atoms with Gasteiger partial charge in [0.05, 0.1) is 5.69 Å². The van der Waals surface area contributed by atoms with Crippen LogP contribution in [0.1, 0.15) is 30.9 Å². The number of aliphatic hydroxyl groups is 1. The molecule has 0 aliphatic rings. The number of carbonyl (C=O) groups is 1. The Hall–Kier alpha value is -3.17. The Labute approximate surface area is 172 Å². The van der Waals surface area contributed by atoms with Crippen LogP contribution in [0.5, 0.6) is 11.6 Å². The zero-order valence-corrected chi connectivity index (χ0v) is 16.8. The Balaban J connectivity index is 1.64. The first-order valence-electron chi connectivity index (χ1n) is 8.72. The fourth-order valence-corrected chi connectivity index (χ4v) is 2.71. The molecule has 9 nitrogen and oxygen atoms in total. The molecule has 2 amide bonds. The number of carbonyl (C=O) groups excluding carboxylic acids is 1. The second-order valence-corrected chi connectivity index (χ2v) is 7.01. The van der Waals surface area contributed by atoms with Crippen molar-refractivity contribution in [2.45, 2.75) is 32.9 Å². The Morgan fingerprint density at radius 1 is 1.28 bits per heavy atom. The monoisotopic (exact) mass is 417 g/mol. The van der Waals surface area contributed by atoms with Crippen molar-refractivity contribution in [3.8, 4) is 11.6 Å². The smallest absolute Gasteiger partial charge is 0.323 e. The maximum Gasteiger partial charge on any atom is 0.323 e. The van der Waals surface area contributed by atoms with Gasteiger partial charge in [-0.2, -0.15) is 9.97 Å². The molecule has 10 heteroatoms. The number of para-hydroxylation sites is 1. The van der Waals surface area contributed by atoms with Gasteiger partial charge in [0.25, 0.3) is 0 Å². The van der Waals surface area contributed by atoms with Crippen LogP contribution in [0.2, 0.25) is 5.28 Å². The molecule has 0 bridgehead atoms. The van der Waals surface area contributed by atoms with Crippen molar-refractivity contribution in [1.29, 1.82) is 0 Å². The van der Waals surface area contributed by atoms with E-state index in [0.717, 1.165) is 5.56 Å². The van der Waals surface area contributed by atoms with E-state index >= 15 is 0 Å². The average Bonchev–Trinajstić information content (AvgIpc) is 3.01. The maximum atomic E-state index is 12.2. The first-order valence-corrected chi connectivity index (χ1v) is 9.09. The van der Waals surface area contributed by atoms with E-state index < -0.39 is 11.6 Å². The molecule has 0 radical (unpaired) electrons. The number of rotatable bonds is 6. The molecule has 0 aliphatic heterocycles. The SMILES string of the molecule is Cc1nc(NC(=O)NCc2ccccc2Oc2ccnc(Cl)n2)oc1C(C)(C)O. The topological polar surface area (TPSA) is 122 Å². The van der Waals surface area contributed by atoms with Crippen molar-refractivity contribution in [3.63, 3.8) is 0 Å². The molecule has 0 spiro atoms. The van der Waals surface area contributed by atoms with E-state index in [4.69, 9.17) is 20.8 Å². The number of oxazole rings is 1. The van der Waals surface area contributed by atoms with Gasteiger partial charge in [-0.15, -0.1) is 0 Å². The Bertz CT molecular complexity index is 1020. The third-order valence-electron chi connectivity index (χ3n) is 3.80. The zero-order valence-electron chi connectivity index (χ0n) is 16.1. The Morgan fingerprint density at radius 2 is 2.03 bits per heavy atom. The third kappa shape index (κ3) is 5.43. The van der Waals surface area contributed by atoms with Crippen molar-refractivity contribution in [3.05, 3.63) is 58.8 Å². The second kappa shape index (κ2) is 8.46. The highest BCUT2D eigenvalue weighted by Gasteiger charge is 2.25. The molecule has 0 atom stereocenters. The molecule has 0 aliphatic carbocycles. The molecule has 29 heavy (non-hydrogen) atoms. The van der Waals surface area contributed by atoms with Gasteiger partial charge < -0.3 is 19.6 Å². The summed E-state index contributed by atoms with van der Waals surface area (Å²) in [6, 6.07) is 8.23. The summed E-state index contributed by atoms with van der Waals surface area (Å²) in [6.45, 7) is 5.02. The van der Waals surface area contributed by atoms with Crippen molar-refractivity contribution in [2.24, 2.45) is 0 Å². The summed E-state index contributed by atoms with van der Waals surface area (Å²) in [6.07, 6.45) is 1.49. The van der Waals surface area contributed by atoms with E-state index in [1.165, 1.54) is 6.20 Å². The number of ether oxygens (including phenoxy) is 1. The number of nitrogens with one attached hydrogen (secondary N) is 2. The third-order valence-corrected chi connectivity index (χ3v) is 3.98. The average molecular weight is 418 g/mol. The standard InChI is InChI=1S/C19H20ClN5O4/c1-11-15(19(2,3)27)29-18(23-11)25-17(26)22-10-12-6-4-5-7-13(12)28-14-8-9-21-16(20)24-14/h4-9,27H,10H2,1-3H3,(H2,22,23,25,26). The molecule has 2 heterocycles. The van der Waals surface area contributed by atoms with Crippen LogP contribution in [0, 0.1) is 6.92 Å². The fourth-order valence-electron chi connectivity index (χ4n) is 2.57. The van der Waals surface area contributed by atoms with Gasteiger partial charge in [0.2, 0.25) is 11.2 Å². The molecule has 152 valence electrons. The number of aromatic nitrogens is 3. The minimum atomic E-state index is -1.20. The molecule has 2 aromatic heterocycles. The summed E-state index contributed by atoms with van der Waals surface area (Å²) >= 11 is 5.77. The Kier molecular flexibility index (Phi) is 6.00. The number of hydrogen-bond donors (Lipinski definition) is 3. The summed E-state index contributed by atoms with van der Waals surface area (Å²) in [5, 5.41) is 15.3. The molecule has 3 aromatic rings.